The molecule has 1 aliphatic heterocycles. The summed E-state index contributed by atoms with van der Waals surface area (Å²) >= 11 is 0. The molecule has 1 N–H and O–H groups in total. The van der Waals surface area contributed by atoms with Gasteiger partial charge in [-0.15, -0.1) is 12.4 Å². The van der Waals surface area contributed by atoms with E-state index in [1.54, 1.807) is 6.07 Å². The van der Waals surface area contributed by atoms with E-state index in [1.165, 1.54) is 25.0 Å². The second-order valence-electron chi connectivity index (χ2n) is 5.50. The number of nitrogens with one attached hydrogen (secondary N) is 1. The third-order valence-electron chi connectivity index (χ3n) is 4.03. The van der Waals surface area contributed by atoms with Crippen molar-refractivity contribution < 1.29 is 8.78 Å². The van der Waals surface area contributed by atoms with Crippen LogP contribution in [0.2, 0.25) is 0 Å². The van der Waals surface area contributed by atoms with Crippen molar-refractivity contribution in [3.05, 3.63) is 35.4 Å². The maximum absolute atomic E-state index is 13.3. The number of rotatable bonds is 4. The van der Waals surface area contributed by atoms with Gasteiger partial charge in [0.25, 0.3) is 0 Å². The van der Waals surface area contributed by atoms with Crippen molar-refractivity contribution in [3.63, 3.8) is 0 Å². The van der Waals surface area contributed by atoms with E-state index in [4.69, 9.17) is 0 Å². The van der Waals surface area contributed by atoms with Crippen LogP contribution < -0.4 is 5.32 Å². The molecule has 1 fully saturated rings. The van der Waals surface area contributed by atoms with E-state index in [9.17, 15) is 8.78 Å². The van der Waals surface area contributed by atoms with E-state index in [0.29, 0.717) is 5.92 Å². The topological polar surface area (TPSA) is 15.3 Å². The Morgan fingerprint density at radius 2 is 2.10 bits per heavy atom. The van der Waals surface area contributed by atoms with Crippen LogP contribution in [-0.2, 0) is 0 Å². The summed E-state index contributed by atoms with van der Waals surface area (Å²) in [6.07, 6.45) is 2.46. The van der Waals surface area contributed by atoms with Gasteiger partial charge in [0.15, 0.2) is 11.6 Å². The fourth-order valence-electron chi connectivity index (χ4n) is 2.67. The van der Waals surface area contributed by atoms with E-state index in [0.717, 1.165) is 25.2 Å². The maximum atomic E-state index is 13.3. The first kappa shape index (κ1) is 17.3. The van der Waals surface area contributed by atoms with Gasteiger partial charge in [-0.25, -0.2) is 8.78 Å². The third-order valence-corrected chi connectivity index (χ3v) is 4.03. The third kappa shape index (κ3) is 4.40. The Labute approximate surface area is 126 Å². The molecule has 1 saturated heterocycles. The Kier molecular flexibility index (Phi) is 6.86. The van der Waals surface area contributed by atoms with Crippen LogP contribution in [-0.4, -0.2) is 31.6 Å². The van der Waals surface area contributed by atoms with Gasteiger partial charge in [-0.3, -0.25) is 4.90 Å². The first-order valence-electron chi connectivity index (χ1n) is 6.94. The lowest BCUT2D eigenvalue weighted by Crippen LogP contribution is -2.37. The number of hydrogen-bond donors (Lipinski definition) is 1. The van der Waals surface area contributed by atoms with Crippen LogP contribution in [0.15, 0.2) is 18.2 Å². The van der Waals surface area contributed by atoms with Crippen molar-refractivity contribution in [2.45, 2.75) is 25.8 Å². The molecule has 2 unspecified atom stereocenters. The lowest BCUT2D eigenvalue weighted by molar-refractivity contribution is 0.199. The smallest absolute Gasteiger partial charge is 0.159 e. The molecule has 1 aromatic rings. The Bertz CT molecular complexity index is 422. The van der Waals surface area contributed by atoms with Crippen LogP contribution in [0.4, 0.5) is 8.78 Å². The predicted octanol–water partition coefficient (Wildman–Crippen LogP) is 3.38. The van der Waals surface area contributed by atoms with Gasteiger partial charge in [-0.05, 0) is 63.5 Å². The zero-order valence-corrected chi connectivity index (χ0v) is 12.9. The maximum Gasteiger partial charge on any atom is 0.159 e. The summed E-state index contributed by atoms with van der Waals surface area (Å²) in [5.41, 5.74) is 0.824. The Balaban J connectivity index is 0.00000200. The number of nitrogens with zero attached hydrogens (tertiary/aromatic N) is 1. The largest absolute Gasteiger partial charge is 0.316 e. The van der Waals surface area contributed by atoms with Crippen molar-refractivity contribution in [1.82, 2.24) is 10.2 Å². The van der Waals surface area contributed by atoms with Crippen molar-refractivity contribution in [2.24, 2.45) is 5.92 Å². The molecule has 0 aliphatic carbocycles. The second-order valence-corrected chi connectivity index (χ2v) is 5.50. The normalized spacial score (nSPS) is 20.6. The first-order chi connectivity index (χ1) is 9.08. The van der Waals surface area contributed by atoms with Crippen molar-refractivity contribution in [1.29, 1.82) is 0 Å². The molecule has 0 amide bonds. The van der Waals surface area contributed by atoms with Crippen LogP contribution in [0.3, 0.4) is 0 Å². The molecular formula is C15H23ClF2N2. The minimum Gasteiger partial charge on any atom is -0.316 e. The van der Waals surface area contributed by atoms with Gasteiger partial charge in [0.1, 0.15) is 0 Å². The summed E-state index contributed by atoms with van der Waals surface area (Å²) in [5.74, 6) is -0.904. The number of halogens is 3. The van der Waals surface area contributed by atoms with Gasteiger partial charge in [0.05, 0.1) is 0 Å². The molecule has 0 radical (unpaired) electrons. The average Bonchev–Trinajstić information content (AvgIpc) is 2.42. The fraction of sp³-hybridized carbons (Fsp3) is 0.600. The lowest BCUT2D eigenvalue weighted by atomic mass is 9.98. The summed E-state index contributed by atoms with van der Waals surface area (Å²) in [4.78, 5) is 2.21. The predicted molar refractivity (Wildman–Crippen MR) is 80.2 cm³/mol. The number of piperidine rings is 1. The fourth-order valence-corrected chi connectivity index (χ4v) is 2.67. The summed E-state index contributed by atoms with van der Waals surface area (Å²) < 4.78 is 26.2. The number of benzene rings is 1. The van der Waals surface area contributed by atoms with Crippen LogP contribution >= 0.6 is 12.4 Å². The Morgan fingerprint density at radius 3 is 2.70 bits per heavy atom. The molecule has 2 nitrogen and oxygen atoms in total. The van der Waals surface area contributed by atoms with Gasteiger partial charge in [0.2, 0.25) is 0 Å². The van der Waals surface area contributed by atoms with Gasteiger partial charge >= 0.3 is 0 Å². The van der Waals surface area contributed by atoms with E-state index in [2.05, 4.69) is 10.2 Å². The SMILES string of the molecule is CC(c1ccc(F)c(F)c1)N(C)CC1CCCNC1.Cl. The molecule has 0 saturated carbocycles. The number of hydrogen-bond acceptors (Lipinski definition) is 2. The molecule has 1 aromatic carbocycles. The molecule has 114 valence electrons. The van der Waals surface area contributed by atoms with Crippen LogP contribution in [0, 0.1) is 17.6 Å². The highest BCUT2D eigenvalue weighted by Gasteiger charge is 2.19. The monoisotopic (exact) mass is 304 g/mol. The highest BCUT2D eigenvalue weighted by atomic mass is 35.5. The van der Waals surface area contributed by atoms with Gasteiger partial charge in [-0.2, -0.15) is 0 Å². The molecule has 20 heavy (non-hydrogen) atoms. The standard InChI is InChI=1S/C15H22F2N2.ClH/c1-11(13-5-6-14(16)15(17)8-13)19(2)10-12-4-3-7-18-9-12;/h5-6,8,11-12,18H,3-4,7,9-10H2,1-2H3;1H. The summed E-state index contributed by atoms with van der Waals surface area (Å²) in [6, 6.07) is 4.27. The Hall–Kier alpha value is -0.710. The molecule has 2 atom stereocenters. The van der Waals surface area contributed by atoms with E-state index >= 15 is 0 Å². The molecular weight excluding hydrogens is 282 g/mol. The lowest BCUT2D eigenvalue weighted by Gasteiger charge is -2.31. The van der Waals surface area contributed by atoms with Crippen molar-refractivity contribution in [2.75, 3.05) is 26.7 Å². The molecule has 0 spiro atoms. The Morgan fingerprint density at radius 1 is 1.35 bits per heavy atom. The average molecular weight is 305 g/mol. The summed E-state index contributed by atoms with van der Waals surface area (Å²) in [7, 11) is 2.04. The molecule has 1 heterocycles. The van der Waals surface area contributed by atoms with E-state index in [-0.39, 0.29) is 18.4 Å². The second kappa shape index (κ2) is 7.91. The molecule has 0 bridgehead atoms. The molecule has 2 rings (SSSR count). The minimum atomic E-state index is -0.782. The summed E-state index contributed by atoms with van der Waals surface area (Å²) in [6.45, 7) is 5.17. The molecule has 1 aliphatic rings. The molecule has 0 aromatic heterocycles. The summed E-state index contributed by atoms with van der Waals surface area (Å²) in [5, 5.41) is 3.40. The zero-order chi connectivity index (χ0) is 13.8. The quantitative estimate of drug-likeness (QED) is 0.917. The van der Waals surface area contributed by atoms with Crippen LogP contribution in [0.25, 0.3) is 0 Å². The zero-order valence-electron chi connectivity index (χ0n) is 12.0. The van der Waals surface area contributed by atoms with Crippen molar-refractivity contribution >= 4 is 12.4 Å². The minimum absolute atomic E-state index is 0. The molecule has 5 heteroatoms. The van der Waals surface area contributed by atoms with E-state index < -0.39 is 11.6 Å². The van der Waals surface area contributed by atoms with Crippen molar-refractivity contribution in [3.8, 4) is 0 Å². The van der Waals surface area contributed by atoms with Gasteiger partial charge in [-0.1, -0.05) is 6.07 Å². The first-order valence-corrected chi connectivity index (χ1v) is 6.94. The van der Waals surface area contributed by atoms with Gasteiger partial charge < -0.3 is 5.32 Å². The van der Waals surface area contributed by atoms with Crippen LogP contribution in [0.5, 0.6) is 0 Å². The van der Waals surface area contributed by atoms with E-state index in [1.807, 2.05) is 14.0 Å². The highest BCUT2D eigenvalue weighted by molar-refractivity contribution is 5.85. The van der Waals surface area contributed by atoms with Gasteiger partial charge in [0, 0.05) is 12.6 Å². The van der Waals surface area contributed by atoms with Crippen LogP contribution in [0.1, 0.15) is 31.4 Å². The highest BCUT2D eigenvalue weighted by Crippen LogP contribution is 2.23.